The van der Waals surface area contributed by atoms with Gasteiger partial charge in [0, 0.05) is 11.1 Å². The molecule has 2 rings (SSSR count). The minimum atomic E-state index is -5.04. The van der Waals surface area contributed by atoms with Crippen molar-refractivity contribution in [1.82, 2.24) is 5.32 Å². The Morgan fingerprint density at radius 1 is 1.10 bits per heavy atom. The molecule has 1 N–H and O–H groups in total. The Kier molecular flexibility index (Phi) is 7.67. The molecule has 0 aromatic heterocycles. The lowest BCUT2D eigenvalue weighted by Crippen LogP contribution is -2.49. The summed E-state index contributed by atoms with van der Waals surface area (Å²) in [6, 6.07) is 13.3. The first-order chi connectivity index (χ1) is 13.6. The van der Waals surface area contributed by atoms with Crippen molar-refractivity contribution in [2.75, 3.05) is 6.61 Å². The van der Waals surface area contributed by atoms with Gasteiger partial charge < -0.3 is 10.1 Å². The average Bonchev–Trinajstić information content (AvgIpc) is 2.66. The van der Waals surface area contributed by atoms with Crippen LogP contribution in [0.15, 0.2) is 48.5 Å². The molecule has 1 unspecified atom stereocenters. The molecule has 8 heteroatoms. The Labute approximate surface area is 172 Å². The molecule has 0 radical (unpaired) electrons. The molecular formula is C21H21ClF3NO3. The third kappa shape index (κ3) is 6.49. The van der Waals surface area contributed by atoms with Gasteiger partial charge in [0.1, 0.15) is 0 Å². The number of amides is 1. The Morgan fingerprint density at radius 2 is 1.76 bits per heavy atom. The van der Waals surface area contributed by atoms with Crippen LogP contribution in [0.2, 0.25) is 5.02 Å². The number of rotatable bonds is 7. The third-order valence-corrected chi connectivity index (χ3v) is 4.64. The van der Waals surface area contributed by atoms with E-state index in [1.54, 1.807) is 43.3 Å². The number of benzene rings is 2. The van der Waals surface area contributed by atoms with Gasteiger partial charge in [0.05, 0.1) is 12.5 Å². The highest BCUT2D eigenvalue weighted by Gasteiger charge is 2.41. The van der Waals surface area contributed by atoms with E-state index >= 15 is 0 Å². The van der Waals surface area contributed by atoms with Gasteiger partial charge in [-0.05, 0) is 49.1 Å². The van der Waals surface area contributed by atoms with Crippen LogP contribution in [0, 0.1) is 5.92 Å². The van der Waals surface area contributed by atoms with Crippen LogP contribution in [0.4, 0.5) is 13.2 Å². The van der Waals surface area contributed by atoms with Crippen LogP contribution in [0.5, 0.6) is 0 Å². The van der Waals surface area contributed by atoms with E-state index in [0.717, 1.165) is 11.1 Å². The fourth-order valence-electron chi connectivity index (χ4n) is 2.80. The van der Waals surface area contributed by atoms with Crippen molar-refractivity contribution in [3.05, 3.63) is 59.1 Å². The average molecular weight is 428 g/mol. The summed E-state index contributed by atoms with van der Waals surface area (Å²) in [4.78, 5) is 23.4. The number of alkyl halides is 3. The molecule has 156 valence electrons. The molecule has 0 aliphatic rings. The summed E-state index contributed by atoms with van der Waals surface area (Å²) in [7, 11) is 0. The Bertz CT molecular complexity index is 853. The van der Waals surface area contributed by atoms with Gasteiger partial charge in [-0.3, -0.25) is 9.59 Å². The molecule has 0 saturated heterocycles. The Morgan fingerprint density at radius 3 is 2.31 bits per heavy atom. The molecule has 4 nitrogen and oxygen atoms in total. The van der Waals surface area contributed by atoms with Crippen molar-refractivity contribution in [2.45, 2.75) is 32.5 Å². The zero-order valence-electron chi connectivity index (χ0n) is 15.9. The molecule has 0 bridgehead atoms. The summed E-state index contributed by atoms with van der Waals surface area (Å²) in [6.07, 6.45) is -5.00. The van der Waals surface area contributed by atoms with Crippen molar-refractivity contribution in [1.29, 1.82) is 0 Å². The molecule has 29 heavy (non-hydrogen) atoms. The number of carbonyl (C=O) groups is 2. The molecule has 0 heterocycles. The van der Waals surface area contributed by atoms with Gasteiger partial charge in [0.2, 0.25) is 0 Å². The summed E-state index contributed by atoms with van der Waals surface area (Å²) in [5.74, 6) is -3.71. The summed E-state index contributed by atoms with van der Waals surface area (Å²) in [5, 5.41) is 2.50. The number of halogens is 4. The summed E-state index contributed by atoms with van der Waals surface area (Å²) in [6.45, 7) is 3.12. The summed E-state index contributed by atoms with van der Waals surface area (Å²) in [5.41, 5.74) is 2.44. The minimum absolute atomic E-state index is 0.0393. The zero-order chi connectivity index (χ0) is 21.6. The molecule has 0 aliphatic carbocycles. The highest BCUT2D eigenvalue weighted by molar-refractivity contribution is 6.30. The molecule has 0 aliphatic heterocycles. The van der Waals surface area contributed by atoms with Crippen molar-refractivity contribution < 1.29 is 27.5 Å². The van der Waals surface area contributed by atoms with Crippen LogP contribution in [0.1, 0.15) is 19.4 Å². The van der Waals surface area contributed by atoms with Gasteiger partial charge in [0.15, 0.2) is 0 Å². The number of hydrogen-bond donors (Lipinski definition) is 1. The molecule has 1 amide bonds. The molecule has 0 spiro atoms. The monoisotopic (exact) mass is 427 g/mol. The Hall–Kier alpha value is -2.54. The third-order valence-electron chi connectivity index (χ3n) is 4.40. The van der Waals surface area contributed by atoms with E-state index in [1.165, 1.54) is 6.92 Å². The molecule has 2 aromatic rings. The lowest BCUT2D eigenvalue weighted by atomic mass is 9.93. The standard InChI is InChI=1S/C21H21ClF3NO3/c1-3-29-19(27)13(2)18(26-20(28)21(23,24)25)11-14-7-9-15(10-8-14)16-5-4-6-17(22)12-16/h4-10,12-13,18H,3,11H2,1-2H3,(H,26,28)/t13?,18-/m1/s1. The number of nitrogens with one attached hydrogen (secondary N) is 1. The van der Waals surface area contributed by atoms with E-state index in [-0.39, 0.29) is 13.0 Å². The number of carbonyl (C=O) groups excluding carboxylic acids is 2. The van der Waals surface area contributed by atoms with E-state index in [1.807, 2.05) is 17.4 Å². The first-order valence-corrected chi connectivity index (χ1v) is 9.38. The quantitative estimate of drug-likeness (QED) is 0.646. The summed E-state index contributed by atoms with van der Waals surface area (Å²) < 4.78 is 43.0. The highest BCUT2D eigenvalue weighted by Crippen LogP contribution is 2.24. The lowest BCUT2D eigenvalue weighted by molar-refractivity contribution is -0.175. The fourth-order valence-corrected chi connectivity index (χ4v) is 2.99. The normalized spacial score (nSPS) is 13.4. The number of esters is 1. The second-order valence-corrected chi connectivity index (χ2v) is 6.97. The van der Waals surface area contributed by atoms with Gasteiger partial charge >= 0.3 is 18.1 Å². The maximum absolute atomic E-state index is 12.7. The molecule has 0 fully saturated rings. The second kappa shape index (κ2) is 9.78. The van der Waals surface area contributed by atoms with Gasteiger partial charge in [-0.1, -0.05) is 48.0 Å². The largest absolute Gasteiger partial charge is 0.471 e. The maximum Gasteiger partial charge on any atom is 0.471 e. The van der Waals surface area contributed by atoms with Crippen LogP contribution < -0.4 is 5.32 Å². The van der Waals surface area contributed by atoms with Crippen molar-refractivity contribution >= 4 is 23.5 Å². The fraction of sp³-hybridized carbons (Fsp3) is 0.333. The first-order valence-electron chi connectivity index (χ1n) is 9.01. The van der Waals surface area contributed by atoms with Crippen LogP contribution >= 0.6 is 11.6 Å². The van der Waals surface area contributed by atoms with Crippen LogP contribution in [-0.4, -0.2) is 30.7 Å². The Balaban J connectivity index is 2.20. The SMILES string of the molecule is CCOC(=O)C(C)[C@@H](Cc1ccc(-c2cccc(Cl)c2)cc1)NC(=O)C(F)(F)F. The first kappa shape index (κ1) is 22.7. The molecule has 2 aromatic carbocycles. The van der Waals surface area contributed by atoms with Crippen LogP contribution in [0.3, 0.4) is 0 Å². The van der Waals surface area contributed by atoms with E-state index in [9.17, 15) is 22.8 Å². The van der Waals surface area contributed by atoms with E-state index in [2.05, 4.69) is 0 Å². The van der Waals surface area contributed by atoms with E-state index in [4.69, 9.17) is 16.3 Å². The molecule has 0 saturated carbocycles. The maximum atomic E-state index is 12.7. The number of hydrogen-bond acceptors (Lipinski definition) is 3. The van der Waals surface area contributed by atoms with Gasteiger partial charge in [-0.15, -0.1) is 0 Å². The lowest BCUT2D eigenvalue weighted by Gasteiger charge is -2.24. The van der Waals surface area contributed by atoms with E-state index in [0.29, 0.717) is 10.6 Å². The van der Waals surface area contributed by atoms with Crippen molar-refractivity contribution in [3.8, 4) is 11.1 Å². The highest BCUT2D eigenvalue weighted by atomic mass is 35.5. The van der Waals surface area contributed by atoms with E-state index < -0.39 is 30.0 Å². The van der Waals surface area contributed by atoms with Crippen molar-refractivity contribution in [2.24, 2.45) is 5.92 Å². The van der Waals surface area contributed by atoms with Gasteiger partial charge in [0.25, 0.3) is 0 Å². The predicted molar refractivity (Wildman–Crippen MR) is 104 cm³/mol. The van der Waals surface area contributed by atoms with Crippen LogP contribution in [-0.2, 0) is 20.7 Å². The van der Waals surface area contributed by atoms with Gasteiger partial charge in [-0.25, -0.2) is 0 Å². The second-order valence-electron chi connectivity index (χ2n) is 6.53. The van der Waals surface area contributed by atoms with Crippen LogP contribution in [0.25, 0.3) is 11.1 Å². The molecular weight excluding hydrogens is 407 g/mol. The minimum Gasteiger partial charge on any atom is -0.466 e. The zero-order valence-corrected chi connectivity index (χ0v) is 16.7. The number of ether oxygens (including phenoxy) is 1. The topological polar surface area (TPSA) is 55.4 Å². The summed E-state index contributed by atoms with van der Waals surface area (Å²) >= 11 is 5.99. The van der Waals surface area contributed by atoms with Gasteiger partial charge in [-0.2, -0.15) is 13.2 Å². The predicted octanol–water partition coefficient (Wildman–Crippen LogP) is 4.80. The van der Waals surface area contributed by atoms with Crippen molar-refractivity contribution in [3.63, 3.8) is 0 Å². The smallest absolute Gasteiger partial charge is 0.466 e. The molecule has 2 atom stereocenters.